The van der Waals surface area contributed by atoms with Crippen LogP contribution in [-0.4, -0.2) is 22.2 Å². The summed E-state index contributed by atoms with van der Waals surface area (Å²) in [6.07, 6.45) is 0.864. The van der Waals surface area contributed by atoms with Crippen LogP contribution in [0.2, 0.25) is 0 Å². The van der Waals surface area contributed by atoms with Crippen molar-refractivity contribution in [2.24, 2.45) is 0 Å². The minimum absolute atomic E-state index is 0. The van der Waals surface area contributed by atoms with E-state index in [1.165, 1.54) is 0 Å². The minimum atomic E-state index is -0.0645. The van der Waals surface area contributed by atoms with Crippen LogP contribution in [0.25, 0.3) is 5.69 Å². The number of anilines is 1. The van der Waals surface area contributed by atoms with Gasteiger partial charge in [0, 0.05) is 23.6 Å². The largest absolute Gasteiger partial charge is 0.384 e. The number of amides is 1. The van der Waals surface area contributed by atoms with Crippen molar-refractivity contribution in [3.63, 3.8) is 0 Å². The fourth-order valence-corrected chi connectivity index (χ4v) is 2.50. The van der Waals surface area contributed by atoms with Crippen LogP contribution in [0.1, 0.15) is 42.4 Å². The molecule has 1 aliphatic rings. The number of benzene rings is 1. The number of fused-ring (bicyclic) bond motifs is 1. The molecule has 2 aromatic rings. The van der Waals surface area contributed by atoms with Gasteiger partial charge in [-0.2, -0.15) is 5.10 Å². The molecular formula is C16H21ClN4O. The first-order chi connectivity index (χ1) is 9.86. The molecule has 1 amide bonds. The van der Waals surface area contributed by atoms with Crippen molar-refractivity contribution in [3.8, 4) is 5.69 Å². The number of halogens is 1. The molecule has 0 aliphatic carbocycles. The number of rotatable bonds is 1. The van der Waals surface area contributed by atoms with Crippen LogP contribution in [0.5, 0.6) is 0 Å². The molecule has 1 aromatic carbocycles. The molecule has 1 aromatic heterocycles. The third kappa shape index (κ3) is 2.81. The maximum atomic E-state index is 11.9. The van der Waals surface area contributed by atoms with Gasteiger partial charge in [0.25, 0.3) is 5.91 Å². The van der Waals surface area contributed by atoms with Crippen molar-refractivity contribution in [1.82, 2.24) is 15.1 Å². The Kier molecular flexibility index (Phi) is 4.20. The molecular weight excluding hydrogens is 300 g/mol. The maximum absolute atomic E-state index is 11.9. The van der Waals surface area contributed by atoms with Crippen molar-refractivity contribution in [1.29, 1.82) is 0 Å². The molecule has 0 spiro atoms. The lowest BCUT2D eigenvalue weighted by Gasteiger charge is -2.17. The van der Waals surface area contributed by atoms with Crippen LogP contribution in [-0.2, 0) is 11.8 Å². The normalized spacial score (nSPS) is 14.0. The number of nitrogens with one attached hydrogen (secondary N) is 1. The molecule has 0 bridgehead atoms. The highest BCUT2D eigenvalue weighted by Crippen LogP contribution is 2.26. The second-order valence-corrected chi connectivity index (χ2v) is 6.46. The summed E-state index contributed by atoms with van der Waals surface area (Å²) in [5.74, 6) is 0.552. The molecule has 0 atom stereocenters. The Balaban J connectivity index is 0.00000176. The highest BCUT2D eigenvalue weighted by atomic mass is 35.5. The zero-order chi connectivity index (χ0) is 15.2. The lowest BCUT2D eigenvalue weighted by Crippen LogP contribution is -2.31. The van der Waals surface area contributed by atoms with E-state index < -0.39 is 0 Å². The van der Waals surface area contributed by atoms with Gasteiger partial charge >= 0.3 is 0 Å². The summed E-state index contributed by atoms with van der Waals surface area (Å²) >= 11 is 0. The highest BCUT2D eigenvalue weighted by molar-refractivity contribution is 5.97. The predicted molar refractivity (Wildman–Crippen MR) is 90.0 cm³/mol. The van der Waals surface area contributed by atoms with Gasteiger partial charge in [-0.1, -0.05) is 26.8 Å². The lowest BCUT2D eigenvalue weighted by atomic mass is 9.92. The SMILES string of the molecule is CC(C)(C)c1cc(N)n(-c2ccc3c(c2)C(=O)NCC3)n1.Cl. The Morgan fingerprint density at radius 2 is 2.00 bits per heavy atom. The summed E-state index contributed by atoms with van der Waals surface area (Å²) < 4.78 is 1.70. The predicted octanol–water partition coefficient (Wildman–Crippen LogP) is 2.46. The third-order valence-corrected chi connectivity index (χ3v) is 3.77. The molecule has 0 unspecified atom stereocenters. The van der Waals surface area contributed by atoms with Gasteiger partial charge in [0.15, 0.2) is 0 Å². The van der Waals surface area contributed by atoms with E-state index in [9.17, 15) is 4.79 Å². The number of nitrogens with two attached hydrogens (primary N) is 1. The number of nitrogen functional groups attached to an aromatic ring is 1. The summed E-state index contributed by atoms with van der Waals surface area (Å²) in [7, 11) is 0. The van der Waals surface area contributed by atoms with Gasteiger partial charge in [0.2, 0.25) is 0 Å². The van der Waals surface area contributed by atoms with Crippen LogP contribution in [0.3, 0.4) is 0 Å². The zero-order valence-corrected chi connectivity index (χ0v) is 13.8. The monoisotopic (exact) mass is 320 g/mol. The van der Waals surface area contributed by atoms with Crippen molar-refractivity contribution >= 4 is 24.1 Å². The van der Waals surface area contributed by atoms with Crippen molar-refractivity contribution in [2.45, 2.75) is 32.6 Å². The molecule has 5 nitrogen and oxygen atoms in total. The number of hydrogen-bond acceptors (Lipinski definition) is 3. The van der Waals surface area contributed by atoms with E-state index in [1.54, 1.807) is 4.68 Å². The van der Waals surface area contributed by atoms with Gasteiger partial charge in [-0.05, 0) is 24.1 Å². The van der Waals surface area contributed by atoms with E-state index in [2.05, 4.69) is 31.2 Å². The Bertz CT molecular complexity index is 715. The fourth-order valence-electron chi connectivity index (χ4n) is 2.50. The standard InChI is InChI=1S/C16H20N4O.ClH/c1-16(2,3)13-9-14(17)20(19-13)11-5-4-10-6-7-18-15(21)12(10)8-11;/h4-5,8-9H,6-7,17H2,1-3H3,(H,18,21);1H. The summed E-state index contributed by atoms with van der Waals surface area (Å²) in [4.78, 5) is 11.9. The number of carbonyl (C=O) groups excluding carboxylic acids is 1. The summed E-state index contributed by atoms with van der Waals surface area (Å²) in [5.41, 5.74) is 9.55. The Hall–Kier alpha value is -2.01. The van der Waals surface area contributed by atoms with Gasteiger partial charge in [-0.25, -0.2) is 4.68 Å². The first-order valence-corrected chi connectivity index (χ1v) is 7.14. The Morgan fingerprint density at radius 1 is 1.27 bits per heavy atom. The van der Waals surface area contributed by atoms with Crippen LogP contribution >= 0.6 is 12.4 Å². The molecule has 118 valence electrons. The molecule has 6 heteroatoms. The molecule has 0 saturated carbocycles. The highest BCUT2D eigenvalue weighted by Gasteiger charge is 2.21. The molecule has 0 radical (unpaired) electrons. The molecule has 3 N–H and O–H groups in total. The molecule has 1 aliphatic heterocycles. The Morgan fingerprint density at radius 3 is 2.64 bits per heavy atom. The topological polar surface area (TPSA) is 72.9 Å². The second kappa shape index (κ2) is 5.65. The van der Waals surface area contributed by atoms with E-state index in [1.807, 2.05) is 24.3 Å². The first-order valence-electron chi connectivity index (χ1n) is 7.14. The summed E-state index contributed by atoms with van der Waals surface area (Å²) in [5, 5.41) is 7.45. The molecule has 3 rings (SSSR count). The van der Waals surface area contributed by atoms with E-state index in [4.69, 9.17) is 5.73 Å². The smallest absolute Gasteiger partial charge is 0.251 e. The van der Waals surface area contributed by atoms with Gasteiger partial charge < -0.3 is 11.1 Å². The molecule has 22 heavy (non-hydrogen) atoms. The molecule has 2 heterocycles. The lowest BCUT2D eigenvalue weighted by molar-refractivity contribution is 0.0946. The van der Waals surface area contributed by atoms with Crippen molar-refractivity contribution < 1.29 is 4.79 Å². The van der Waals surface area contributed by atoms with E-state index in [0.29, 0.717) is 17.9 Å². The second-order valence-electron chi connectivity index (χ2n) is 6.46. The fraction of sp³-hybridized carbons (Fsp3) is 0.375. The number of aromatic nitrogens is 2. The average Bonchev–Trinajstić information content (AvgIpc) is 2.81. The number of carbonyl (C=O) groups is 1. The van der Waals surface area contributed by atoms with Crippen LogP contribution in [0, 0.1) is 0 Å². The van der Waals surface area contributed by atoms with E-state index >= 15 is 0 Å². The van der Waals surface area contributed by atoms with Gasteiger partial charge in [0.1, 0.15) is 5.82 Å². The van der Waals surface area contributed by atoms with Crippen LogP contribution in [0.15, 0.2) is 24.3 Å². The van der Waals surface area contributed by atoms with Crippen LogP contribution < -0.4 is 11.1 Å². The van der Waals surface area contributed by atoms with Gasteiger partial charge in [-0.15, -0.1) is 12.4 Å². The van der Waals surface area contributed by atoms with Gasteiger partial charge in [0.05, 0.1) is 11.4 Å². The van der Waals surface area contributed by atoms with Crippen molar-refractivity contribution in [3.05, 3.63) is 41.1 Å². The zero-order valence-electron chi connectivity index (χ0n) is 13.0. The third-order valence-electron chi connectivity index (χ3n) is 3.77. The number of hydrogen-bond donors (Lipinski definition) is 2. The summed E-state index contributed by atoms with van der Waals surface area (Å²) in [6.45, 7) is 6.99. The van der Waals surface area contributed by atoms with Gasteiger partial charge in [-0.3, -0.25) is 4.79 Å². The summed E-state index contributed by atoms with van der Waals surface area (Å²) in [6, 6.07) is 7.70. The minimum Gasteiger partial charge on any atom is -0.384 e. The molecule has 0 fully saturated rings. The van der Waals surface area contributed by atoms with Crippen molar-refractivity contribution in [2.75, 3.05) is 12.3 Å². The van der Waals surface area contributed by atoms with Crippen LogP contribution in [0.4, 0.5) is 5.82 Å². The Labute approximate surface area is 136 Å². The quantitative estimate of drug-likeness (QED) is 0.847. The van der Waals surface area contributed by atoms with E-state index in [0.717, 1.165) is 23.4 Å². The average molecular weight is 321 g/mol. The van der Waals surface area contributed by atoms with E-state index in [-0.39, 0.29) is 23.7 Å². The number of nitrogens with zero attached hydrogens (tertiary/aromatic N) is 2. The first kappa shape index (κ1) is 16.4. The maximum Gasteiger partial charge on any atom is 0.251 e. The molecule has 0 saturated heterocycles.